The number of hydrogen-bond donors (Lipinski definition) is 1. The Labute approximate surface area is 218 Å². The Morgan fingerprint density at radius 3 is 2.62 bits per heavy atom. The molecule has 0 saturated heterocycles. The number of carbonyl (C=O) groups is 1. The molecule has 0 saturated carbocycles. The van der Waals surface area contributed by atoms with Crippen molar-refractivity contribution in [1.82, 2.24) is 9.97 Å². The van der Waals surface area contributed by atoms with Gasteiger partial charge in [0.05, 0.1) is 0 Å². The van der Waals surface area contributed by atoms with E-state index in [0.29, 0.717) is 19.4 Å². The number of imidazole rings is 1. The minimum absolute atomic E-state index is 0.201. The number of hydrogen-bond acceptors (Lipinski definition) is 4. The summed E-state index contributed by atoms with van der Waals surface area (Å²) < 4.78 is 13.2. The SMILES string of the molecule is CCCCc1ccccc1OCc1c(OC(Cc2ncc[nH]2)c2ccccc2)ccc2c1CCCC2=O. The van der Waals surface area contributed by atoms with E-state index in [2.05, 4.69) is 41.2 Å². The van der Waals surface area contributed by atoms with Crippen LogP contribution in [0.1, 0.15) is 77.1 Å². The van der Waals surface area contributed by atoms with Crippen molar-refractivity contribution >= 4 is 5.78 Å². The molecule has 1 heterocycles. The number of H-pyrrole nitrogens is 1. The van der Waals surface area contributed by atoms with E-state index < -0.39 is 0 Å². The summed E-state index contributed by atoms with van der Waals surface area (Å²) in [6, 6.07) is 22.3. The number of benzene rings is 3. The van der Waals surface area contributed by atoms with E-state index in [0.717, 1.165) is 71.7 Å². The zero-order valence-corrected chi connectivity index (χ0v) is 21.4. The molecule has 190 valence electrons. The van der Waals surface area contributed by atoms with Crippen molar-refractivity contribution in [2.24, 2.45) is 0 Å². The summed E-state index contributed by atoms with van der Waals surface area (Å²) >= 11 is 0. The lowest BCUT2D eigenvalue weighted by Gasteiger charge is -2.25. The largest absolute Gasteiger partial charge is 0.488 e. The molecule has 5 nitrogen and oxygen atoms in total. The number of para-hydroxylation sites is 1. The first kappa shape index (κ1) is 24.8. The second-order valence-electron chi connectivity index (χ2n) is 9.60. The summed E-state index contributed by atoms with van der Waals surface area (Å²) in [5.41, 5.74) is 5.12. The molecule has 5 heteroatoms. The number of aryl methyl sites for hydroxylation is 1. The van der Waals surface area contributed by atoms with Crippen molar-refractivity contribution in [3.63, 3.8) is 0 Å². The maximum Gasteiger partial charge on any atom is 0.163 e. The fraction of sp³-hybridized carbons (Fsp3) is 0.312. The van der Waals surface area contributed by atoms with E-state index in [1.165, 1.54) is 5.56 Å². The molecular weight excluding hydrogens is 460 g/mol. The highest BCUT2D eigenvalue weighted by molar-refractivity contribution is 5.99. The number of nitrogens with one attached hydrogen (secondary N) is 1. The summed E-state index contributed by atoms with van der Waals surface area (Å²) in [7, 11) is 0. The number of ether oxygens (including phenoxy) is 2. The number of carbonyl (C=O) groups excluding carboxylic acids is 1. The quantitative estimate of drug-likeness (QED) is 0.239. The van der Waals surface area contributed by atoms with Crippen LogP contribution < -0.4 is 9.47 Å². The highest BCUT2D eigenvalue weighted by Gasteiger charge is 2.25. The fourth-order valence-electron chi connectivity index (χ4n) is 5.05. The Morgan fingerprint density at radius 2 is 1.81 bits per heavy atom. The molecular formula is C32H34N2O3. The Hall–Kier alpha value is -3.86. The zero-order valence-electron chi connectivity index (χ0n) is 21.4. The summed E-state index contributed by atoms with van der Waals surface area (Å²) in [6.45, 7) is 2.56. The Morgan fingerprint density at radius 1 is 0.973 bits per heavy atom. The molecule has 1 aliphatic rings. The second-order valence-corrected chi connectivity index (χ2v) is 9.60. The van der Waals surface area contributed by atoms with Crippen LogP contribution in [0, 0.1) is 0 Å². The summed E-state index contributed by atoms with van der Waals surface area (Å²) in [6.07, 6.45) is 9.50. The molecule has 1 atom stereocenters. The fourth-order valence-corrected chi connectivity index (χ4v) is 5.05. The van der Waals surface area contributed by atoms with Gasteiger partial charge in [-0.3, -0.25) is 4.79 Å². The van der Waals surface area contributed by atoms with Crippen molar-refractivity contribution in [2.75, 3.05) is 0 Å². The third-order valence-corrected chi connectivity index (χ3v) is 7.04. The van der Waals surface area contributed by atoms with Crippen molar-refractivity contribution in [3.05, 3.63) is 113 Å². The molecule has 0 fully saturated rings. The van der Waals surface area contributed by atoms with E-state index in [1.54, 1.807) is 6.20 Å². The van der Waals surface area contributed by atoms with Crippen LogP contribution in [-0.4, -0.2) is 15.8 Å². The van der Waals surface area contributed by atoms with Crippen molar-refractivity contribution < 1.29 is 14.3 Å². The first-order valence-corrected chi connectivity index (χ1v) is 13.3. The van der Waals surface area contributed by atoms with Crippen LogP contribution in [0.15, 0.2) is 79.1 Å². The van der Waals surface area contributed by atoms with Crippen LogP contribution in [0.3, 0.4) is 0 Å². The van der Waals surface area contributed by atoms with E-state index in [4.69, 9.17) is 9.47 Å². The van der Waals surface area contributed by atoms with Gasteiger partial charge >= 0.3 is 0 Å². The van der Waals surface area contributed by atoms with Gasteiger partial charge in [0.2, 0.25) is 0 Å². The van der Waals surface area contributed by atoms with Crippen molar-refractivity contribution in [3.8, 4) is 11.5 Å². The highest BCUT2D eigenvalue weighted by Crippen LogP contribution is 2.35. The highest BCUT2D eigenvalue weighted by atomic mass is 16.5. The molecule has 0 amide bonds. The number of Topliss-reactive ketones (excluding diaryl/α,β-unsaturated/α-hetero) is 1. The normalized spacial score (nSPS) is 13.7. The van der Waals surface area contributed by atoms with Crippen molar-refractivity contribution in [2.45, 2.75) is 64.6 Å². The third-order valence-electron chi connectivity index (χ3n) is 7.04. The first-order chi connectivity index (χ1) is 18.2. The standard InChI is InChI=1S/C32H34N2O3/c1-2-3-10-23-13-7-8-16-29(23)36-22-27-25-14-9-15-28(35)26(25)17-18-30(27)37-31(21-32-33-19-20-34-32)24-11-5-4-6-12-24/h4-8,11-13,16-20,31H,2-3,9-10,14-15,21-22H2,1H3,(H,33,34). The van der Waals surface area contributed by atoms with Gasteiger partial charge in [-0.15, -0.1) is 0 Å². The Balaban J connectivity index is 1.48. The van der Waals surface area contributed by atoms with E-state index in [-0.39, 0.29) is 11.9 Å². The van der Waals surface area contributed by atoms with Gasteiger partial charge in [-0.2, -0.15) is 0 Å². The van der Waals surface area contributed by atoms with Gasteiger partial charge in [0.15, 0.2) is 5.78 Å². The molecule has 1 aromatic heterocycles. The van der Waals surface area contributed by atoms with Gasteiger partial charge in [0, 0.05) is 36.4 Å². The smallest absolute Gasteiger partial charge is 0.163 e. The van der Waals surface area contributed by atoms with Crippen LogP contribution in [-0.2, 0) is 25.9 Å². The van der Waals surface area contributed by atoms with Crippen LogP contribution >= 0.6 is 0 Å². The molecule has 5 rings (SSSR count). The molecule has 4 aromatic rings. The average molecular weight is 495 g/mol. The van der Waals surface area contributed by atoms with Gasteiger partial charge in [-0.05, 0) is 60.6 Å². The molecule has 0 aliphatic heterocycles. The molecule has 37 heavy (non-hydrogen) atoms. The summed E-state index contributed by atoms with van der Waals surface area (Å²) in [5, 5.41) is 0. The average Bonchev–Trinajstić information content (AvgIpc) is 3.45. The topological polar surface area (TPSA) is 64.2 Å². The van der Waals surface area contributed by atoms with Crippen LogP contribution in [0.5, 0.6) is 11.5 Å². The van der Waals surface area contributed by atoms with Crippen LogP contribution in [0.4, 0.5) is 0 Å². The molecule has 0 radical (unpaired) electrons. The number of rotatable bonds is 11. The number of unbranched alkanes of at least 4 members (excludes halogenated alkanes) is 1. The predicted octanol–water partition coefficient (Wildman–Crippen LogP) is 7.21. The number of aromatic amines is 1. The van der Waals surface area contributed by atoms with Gasteiger partial charge in [-0.1, -0.05) is 61.9 Å². The lowest BCUT2D eigenvalue weighted by atomic mass is 9.87. The number of ketones is 1. The monoisotopic (exact) mass is 494 g/mol. The van der Waals surface area contributed by atoms with E-state index in [1.807, 2.05) is 48.7 Å². The summed E-state index contributed by atoms with van der Waals surface area (Å²) in [4.78, 5) is 20.4. The van der Waals surface area contributed by atoms with Gasteiger partial charge in [-0.25, -0.2) is 4.98 Å². The Kier molecular flexibility index (Phi) is 7.99. The zero-order chi connectivity index (χ0) is 25.5. The number of nitrogens with zero attached hydrogens (tertiary/aromatic N) is 1. The minimum atomic E-state index is -0.236. The lowest BCUT2D eigenvalue weighted by Crippen LogP contribution is -2.18. The van der Waals surface area contributed by atoms with Crippen molar-refractivity contribution in [1.29, 1.82) is 0 Å². The van der Waals surface area contributed by atoms with Crippen LogP contribution in [0.25, 0.3) is 0 Å². The number of aromatic nitrogens is 2. The maximum absolute atomic E-state index is 12.8. The third kappa shape index (κ3) is 5.93. The minimum Gasteiger partial charge on any atom is -0.488 e. The lowest BCUT2D eigenvalue weighted by molar-refractivity contribution is 0.0971. The Bertz CT molecular complexity index is 1320. The summed E-state index contributed by atoms with van der Waals surface area (Å²) in [5.74, 6) is 2.73. The molecule has 0 bridgehead atoms. The first-order valence-electron chi connectivity index (χ1n) is 13.3. The van der Waals surface area contributed by atoms with Crippen LogP contribution in [0.2, 0.25) is 0 Å². The molecule has 1 N–H and O–H groups in total. The van der Waals surface area contributed by atoms with E-state index >= 15 is 0 Å². The molecule has 0 spiro atoms. The second kappa shape index (κ2) is 11.9. The van der Waals surface area contributed by atoms with E-state index in [9.17, 15) is 4.79 Å². The molecule has 1 aliphatic carbocycles. The predicted molar refractivity (Wildman–Crippen MR) is 145 cm³/mol. The van der Waals surface area contributed by atoms with Gasteiger partial charge < -0.3 is 14.5 Å². The van der Waals surface area contributed by atoms with Gasteiger partial charge in [0.1, 0.15) is 30.0 Å². The van der Waals surface area contributed by atoms with Gasteiger partial charge in [0.25, 0.3) is 0 Å². The maximum atomic E-state index is 12.8. The number of fused-ring (bicyclic) bond motifs is 1. The molecule has 1 unspecified atom stereocenters. The molecule has 3 aromatic carbocycles.